The molecule has 0 heterocycles. The van der Waals surface area contributed by atoms with Crippen molar-refractivity contribution in [3.05, 3.63) is 53.1 Å². The number of amides is 1. The Hall–Kier alpha value is -2.25. The summed E-state index contributed by atoms with van der Waals surface area (Å²) in [6.45, 7) is 0. The van der Waals surface area contributed by atoms with Gasteiger partial charge >= 0.3 is 0 Å². The molecular formula is C20H23ClN2O4S. The van der Waals surface area contributed by atoms with Crippen molar-refractivity contribution in [1.82, 2.24) is 5.32 Å². The SMILES string of the molecule is COc1ccc(N(C)S(=O)(=O)c2ccc(Cl)c(C(=O)NC3CCCC3)c2)cc1. The Morgan fingerprint density at radius 3 is 2.39 bits per heavy atom. The van der Waals surface area contributed by atoms with E-state index in [0.717, 1.165) is 30.0 Å². The van der Waals surface area contributed by atoms with E-state index in [0.29, 0.717) is 11.4 Å². The Bertz CT molecular complexity index is 955. The van der Waals surface area contributed by atoms with E-state index >= 15 is 0 Å². The van der Waals surface area contributed by atoms with Crippen LogP contribution in [0.4, 0.5) is 5.69 Å². The van der Waals surface area contributed by atoms with Crippen LogP contribution < -0.4 is 14.4 Å². The second kappa shape index (κ2) is 8.41. The first-order valence-corrected chi connectivity index (χ1v) is 10.9. The van der Waals surface area contributed by atoms with E-state index < -0.39 is 10.0 Å². The summed E-state index contributed by atoms with van der Waals surface area (Å²) in [5, 5.41) is 3.17. The van der Waals surface area contributed by atoms with E-state index in [-0.39, 0.29) is 27.4 Å². The lowest BCUT2D eigenvalue weighted by Gasteiger charge is -2.20. The molecule has 6 nitrogen and oxygen atoms in total. The van der Waals surface area contributed by atoms with E-state index in [2.05, 4.69) is 5.32 Å². The highest BCUT2D eigenvalue weighted by Gasteiger charge is 2.25. The van der Waals surface area contributed by atoms with Crippen LogP contribution in [0.2, 0.25) is 5.02 Å². The first-order valence-electron chi connectivity index (χ1n) is 9.06. The summed E-state index contributed by atoms with van der Waals surface area (Å²) in [5.74, 6) is 0.285. The van der Waals surface area contributed by atoms with Crippen molar-refractivity contribution in [3.63, 3.8) is 0 Å². The molecule has 150 valence electrons. The number of hydrogen-bond donors (Lipinski definition) is 1. The highest BCUT2D eigenvalue weighted by atomic mass is 35.5. The van der Waals surface area contributed by atoms with Gasteiger partial charge in [-0.1, -0.05) is 24.4 Å². The number of benzene rings is 2. The third-order valence-electron chi connectivity index (χ3n) is 4.97. The second-order valence-electron chi connectivity index (χ2n) is 6.77. The summed E-state index contributed by atoms with van der Waals surface area (Å²) in [6.07, 6.45) is 4.03. The van der Waals surface area contributed by atoms with Crippen molar-refractivity contribution < 1.29 is 17.9 Å². The number of anilines is 1. The topological polar surface area (TPSA) is 75.7 Å². The molecule has 2 aromatic rings. The number of nitrogens with one attached hydrogen (secondary N) is 1. The fourth-order valence-electron chi connectivity index (χ4n) is 3.26. The minimum absolute atomic E-state index is 0.00629. The molecule has 1 amide bonds. The molecule has 8 heteroatoms. The zero-order chi connectivity index (χ0) is 20.3. The third-order valence-corrected chi connectivity index (χ3v) is 7.08. The molecule has 1 aliphatic rings. The summed E-state index contributed by atoms with van der Waals surface area (Å²) in [6, 6.07) is 11.0. The minimum atomic E-state index is -3.86. The fourth-order valence-corrected chi connectivity index (χ4v) is 4.69. The quantitative estimate of drug-likeness (QED) is 0.767. The van der Waals surface area contributed by atoms with Gasteiger partial charge in [-0.25, -0.2) is 8.42 Å². The van der Waals surface area contributed by atoms with Crippen molar-refractivity contribution >= 4 is 33.2 Å². The van der Waals surface area contributed by atoms with E-state index in [1.54, 1.807) is 31.4 Å². The molecule has 0 spiro atoms. The molecule has 0 atom stereocenters. The number of halogens is 1. The van der Waals surface area contributed by atoms with Gasteiger partial charge in [-0.2, -0.15) is 0 Å². The number of methoxy groups -OCH3 is 1. The molecular weight excluding hydrogens is 400 g/mol. The van der Waals surface area contributed by atoms with E-state index in [1.807, 2.05) is 0 Å². The summed E-state index contributed by atoms with van der Waals surface area (Å²) in [5.41, 5.74) is 0.644. The number of hydrogen-bond acceptors (Lipinski definition) is 4. The predicted octanol–water partition coefficient (Wildman–Crippen LogP) is 3.85. The van der Waals surface area contributed by atoms with Crippen LogP contribution in [0.25, 0.3) is 0 Å². The molecule has 0 bridgehead atoms. The number of ether oxygens (including phenoxy) is 1. The average molecular weight is 423 g/mol. The highest BCUT2D eigenvalue weighted by Crippen LogP contribution is 2.27. The van der Waals surface area contributed by atoms with Crippen molar-refractivity contribution in [3.8, 4) is 5.75 Å². The zero-order valence-corrected chi connectivity index (χ0v) is 17.4. The van der Waals surface area contributed by atoms with Gasteiger partial charge in [0.1, 0.15) is 5.75 Å². The van der Waals surface area contributed by atoms with Gasteiger partial charge in [-0.15, -0.1) is 0 Å². The lowest BCUT2D eigenvalue weighted by atomic mass is 10.2. The second-order valence-corrected chi connectivity index (χ2v) is 9.14. The standard InChI is InChI=1S/C20H23ClN2O4S/c1-23(15-7-9-16(27-2)10-8-15)28(25,26)17-11-12-19(21)18(13-17)20(24)22-14-5-3-4-6-14/h7-14H,3-6H2,1-2H3,(H,22,24). The van der Waals surface area contributed by atoms with Crippen LogP contribution in [-0.4, -0.2) is 34.5 Å². The van der Waals surface area contributed by atoms with Crippen LogP contribution in [0.1, 0.15) is 36.0 Å². The predicted molar refractivity (Wildman–Crippen MR) is 110 cm³/mol. The van der Waals surface area contributed by atoms with Gasteiger partial charge in [0.25, 0.3) is 15.9 Å². The maximum absolute atomic E-state index is 13.0. The Balaban J connectivity index is 1.87. The van der Waals surface area contributed by atoms with Gasteiger partial charge in [0, 0.05) is 13.1 Å². The molecule has 1 N–H and O–H groups in total. The summed E-state index contributed by atoms with van der Waals surface area (Å²) >= 11 is 6.17. The molecule has 1 saturated carbocycles. The number of carbonyl (C=O) groups is 1. The zero-order valence-electron chi connectivity index (χ0n) is 15.8. The van der Waals surface area contributed by atoms with Gasteiger partial charge in [-0.05, 0) is 55.3 Å². The fraction of sp³-hybridized carbons (Fsp3) is 0.350. The Labute approximate surface area is 170 Å². The van der Waals surface area contributed by atoms with E-state index in [4.69, 9.17) is 16.3 Å². The molecule has 0 radical (unpaired) electrons. The number of carbonyl (C=O) groups excluding carboxylic acids is 1. The summed E-state index contributed by atoms with van der Waals surface area (Å²) < 4.78 is 32.3. The minimum Gasteiger partial charge on any atom is -0.497 e. The summed E-state index contributed by atoms with van der Waals surface area (Å²) in [4.78, 5) is 12.6. The van der Waals surface area contributed by atoms with E-state index in [9.17, 15) is 13.2 Å². The molecule has 0 unspecified atom stereocenters. The molecule has 3 rings (SSSR count). The average Bonchev–Trinajstić information content (AvgIpc) is 3.20. The Morgan fingerprint density at radius 1 is 1.14 bits per heavy atom. The first-order chi connectivity index (χ1) is 13.3. The molecule has 0 saturated heterocycles. The van der Waals surface area contributed by atoms with Crippen molar-refractivity contribution in [2.75, 3.05) is 18.5 Å². The van der Waals surface area contributed by atoms with Crippen LogP contribution in [-0.2, 0) is 10.0 Å². The van der Waals surface area contributed by atoms with Crippen molar-refractivity contribution in [2.45, 2.75) is 36.6 Å². The van der Waals surface area contributed by atoms with Crippen LogP contribution in [0, 0.1) is 0 Å². The first kappa shape index (κ1) is 20.5. The van der Waals surface area contributed by atoms with Gasteiger partial charge in [0.05, 0.1) is 28.3 Å². The lowest BCUT2D eigenvalue weighted by Crippen LogP contribution is -2.33. The van der Waals surface area contributed by atoms with Crippen LogP contribution in [0.3, 0.4) is 0 Å². The monoisotopic (exact) mass is 422 g/mol. The smallest absolute Gasteiger partial charge is 0.264 e. The molecule has 28 heavy (non-hydrogen) atoms. The molecule has 2 aromatic carbocycles. The Morgan fingerprint density at radius 2 is 1.79 bits per heavy atom. The van der Waals surface area contributed by atoms with Crippen LogP contribution in [0.5, 0.6) is 5.75 Å². The number of sulfonamides is 1. The van der Waals surface area contributed by atoms with Gasteiger partial charge in [-0.3, -0.25) is 9.10 Å². The Kier molecular flexibility index (Phi) is 6.15. The molecule has 0 aliphatic heterocycles. The molecule has 1 fully saturated rings. The highest BCUT2D eigenvalue weighted by molar-refractivity contribution is 7.92. The summed E-state index contributed by atoms with van der Waals surface area (Å²) in [7, 11) is -0.852. The number of rotatable bonds is 6. The molecule has 0 aromatic heterocycles. The van der Waals surface area contributed by atoms with Gasteiger partial charge in [0.2, 0.25) is 0 Å². The lowest BCUT2D eigenvalue weighted by molar-refractivity contribution is 0.0938. The van der Waals surface area contributed by atoms with Gasteiger partial charge in [0.15, 0.2) is 0 Å². The van der Waals surface area contributed by atoms with Crippen molar-refractivity contribution in [1.29, 1.82) is 0 Å². The van der Waals surface area contributed by atoms with E-state index in [1.165, 1.54) is 25.2 Å². The van der Waals surface area contributed by atoms with Crippen molar-refractivity contribution in [2.24, 2.45) is 0 Å². The van der Waals surface area contributed by atoms with Gasteiger partial charge < -0.3 is 10.1 Å². The molecule has 1 aliphatic carbocycles. The maximum atomic E-state index is 13.0. The van der Waals surface area contributed by atoms with Crippen LogP contribution >= 0.6 is 11.6 Å². The maximum Gasteiger partial charge on any atom is 0.264 e. The third kappa shape index (κ3) is 4.25. The normalized spacial score (nSPS) is 14.7. The van der Waals surface area contributed by atoms with Crippen LogP contribution in [0.15, 0.2) is 47.4 Å². The number of nitrogens with zero attached hydrogens (tertiary/aromatic N) is 1. The largest absolute Gasteiger partial charge is 0.497 e.